The average Bonchev–Trinajstić information content (AvgIpc) is 2.87. The number of nitrogens with one attached hydrogen (secondary N) is 1. The van der Waals surface area contributed by atoms with Crippen LogP contribution in [0, 0.1) is 18.7 Å². The maximum Gasteiger partial charge on any atom is 0.271 e. The molecule has 1 aromatic carbocycles. The molecule has 0 saturated carbocycles. The van der Waals surface area contributed by atoms with Crippen molar-refractivity contribution in [3.63, 3.8) is 0 Å². The molecule has 1 aromatic heterocycles. The number of nitrogens with zero attached hydrogens (tertiary/aromatic N) is 2. The Morgan fingerprint density at radius 2 is 2.00 bits per heavy atom. The van der Waals surface area contributed by atoms with E-state index >= 15 is 0 Å². The fourth-order valence-electron chi connectivity index (χ4n) is 1.95. The highest BCUT2D eigenvalue weighted by Crippen LogP contribution is 2.13. The van der Waals surface area contributed by atoms with E-state index in [9.17, 15) is 14.3 Å². The minimum absolute atomic E-state index is 0.0683. The molecule has 0 bridgehead atoms. The third kappa shape index (κ3) is 3.71. The zero-order valence-electron chi connectivity index (χ0n) is 12.9. The second kappa shape index (κ2) is 6.70. The van der Waals surface area contributed by atoms with Crippen LogP contribution in [0.3, 0.4) is 0 Å². The van der Waals surface area contributed by atoms with Gasteiger partial charge in [0.2, 0.25) is 0 Å². The van der Waals surface area contributed by atoms with Crippen LogP contribution < -0.4 is 5.32 Å². The van der Waals surface area contributed by atoms with Crippen molar-refractivity contribution in [2.24, 2.45) is 5.92 Å². The van der Waals surface area contributed by atoms with Gasteiger partial charge in [0.15, 0.2) is 5.69 Å². The summed E-state index contributed by atoms with van der Waals surface area (Å²) in [5, 5.41) is 16.6. The topological polar surface area (TPSA) is 67.2 Å². The Labute approximate surface area is 128 Å². The predicted molar refractivity (Wildman–Crippen MR) is 81.4 cm³/mol. The molecule has 0 aliphatic rings. The van der Waals surface area contributed by atoms with Gasteiger partial charge < -0.3 is 10.4 Å². The van der Waals surface area contributed by atoms with Crippen molar-refractivity contribution in [1.82, 2.24) is 15.1 Å². The summed E-state index contributed by atoms with van der Waals surface area (Å²) in [4.78, 5) is 12.1. The molecule has 1 amide bonds. The first-order valence-corrected chi connectivity index (χ1v) is 7.17. The summed E-state index contributed by atoms with van der Waals surface area (Å²) < 4.78 is 14.5. The van der Waals surface area contributed by atoms with E-state index in [1.165, 1.54) is 12.1 Å². The number of aromatic nitrogens is 2. The first-order valence-electron chi connectivity index (χ1n) is 7.17. The lowest BCUT2D eigenvalue weighted by Gasteiger charge is -2.14. The van der Waals surface area contributed by atoms with Crippen molar-refractivity contribution in [3.8, 4) is 5.69 Å². The van der Waals surface area contributed by atoms with Crippen LogP contribution in [-0.4, -0.2) is 33.4 Å². The third-order valence-corrected chi connectivity index (χ3v) is 3.43. The van der Waals surface area contributed by atoms with Gasteiger partial charge in [0.05, 0.1) is 11.8 Å². The van der Waals surface area contributed by atoms with Crippen molar-refractivity contribution in [2.75, 3.05) is 6.54 Å². The Balaban J connectivity index is 2.12. The Kier molecular flexibility index (Phi) is 4.92. The minimum Gasteiger partial charge on any atom is -0.391 e. The normalized spacial score (nSPS) is 12.5. The number of aryl methyl sites for hydroxylation is 1. The monoisotopic (exact) mass is 305 g/mol. The average molecular weight is 305 g/mol. The van der Waals surface area contributed by atoms with E-state index in [1.807, 2.05) is 20.8 Å². The molecule has 0 radical (unpaired) electrons. The number of hydrogen-bond donors (Lipinski definition) is 2. The number of carbonyl (C=O) groups excluding carboxylic acids is 1. The Morgan fingerprint density at radius 3 is 2.59 bits per heavy atom. The fourth-order valence-corrected chi connectivity index (χ4v) is 1.95. The van der Waals surface area contributed by atoms with Crippen molar-refractivity contribution in [2.45, 2.75) is 26.9 Å². The standard InChI is InChI=1S/C16H20FN3O2/c1-10(2)15(21)9-18-16(22)14-8-11(3)20(19-14)13-6-4-12(17)5-7-13/h4-8,10,15,21H,9H2,1-3H3,(H,18,22). The summed E-state index contributed by atoms with van der Waals surface area (Å²) in [6.07, 6.45) is -0.593. The van der Waals surface area contributed by atoms with Gasteiger partial charge in [0.25, 0.3) is 5.91 Å². The van der Waals surface area contributed by atoms with Crippen LogP contribution in [-0.2, 0) is 0 Å². The molecule has 0 fully saturated rings. The molecule has 2 rings (SSSR count). The van der Waals surface area contributed by atoms with Gasteiger partial charge in [-0.15, -0.1) is 0 Å². The van der Waals surface area contributed by atoms with Crippen LogP contribution in [0.1, 0.15) is 30.0 Å². The smallest absolute Gasteiger partial charge is 0.271 e. The summed E-state index contributed by atoms with van der Waals surface area (Å²) in [5.41, 5.74) is 1.71. The molecule has 5 nitrogen and oxygen atoms in total. The van der Waals surface area contributed by atoms with Gasteiger partial charge in [-0.25, -0.2) is 9.07 Å². The molecular weight excluding hydrogens is 285 g/mol. The molecule has 22 heavy (non-hydrogen) atoms. The van der Waals surface area contributed by atoms with Crippen LogP contribution in [0.5, 0.6) is 0 Å². The SMILES string of the molecule is Cc1cc(C(=O)NCC(O)C(C)C)nn1-c1ccc(F)cc1. The first-order chi connectivity index (χ1) is 10.4. The molecule has 1 heterocycles. The van der Waals surface area contributed by atoms with Crippen LogP contribution in [0.25, 0.3) is 5.69 Å². The van der Waals surface area contributed by atoms with Gasteiger partial charge in [-0.1, -0.05) is 13.8 Å². The summed E-state index contributed by atoms with van der Waals surface area (Å²) >= 11 is 0. The number of rotatable bonds is 5. The van der Waals surface area contributed by atoms with Crippen LogP contribution in [0.2, 0.25) is 0 Å². The van der Waals surface area contributed by atoms with E-state index < -0.39 is 6.10 Å². The van der Waals surface area contributed by atoms with Gasteiger partial charge in [-0.2, -0.15) is 5.10 Å². The Bertz CT molecular complexity index is 650. The van der Waals surface area contributed by atoms with Crippen LogP contribution in [0.4, 0.5) is 4.39 Å². The number of amides is 1. The Morgan fingerprint density at radius 1 is 1.36 bits per heavy atom. The van der Waals surface area contributed by atoms with E-state index in [0.29, 0.717) is 5.69 Å². The zero-order valence-corrected chi connectivity index (χ0v) is 12.9. The zero-order chi connectivity index (χ0) is 16.3. The molecule has 1 atom stereocenters. The van der Waals surface area contributed by atoms with E-state index in [0.717, 1.165) is 5.69 Å². The van der Waals surface area contributed by atoms with Crippen LogP contribution in [0.15, 0.2) is 30.3 Å². The highest BCUT2D eigenvalue weighted by molar-refractivity contribution is 5.92. The van der Waals surface area contributed by atoms with Gasteiger partial charge >= 0.3 is 0 Å². The lowest BCUT2D eigenvalue weighted by molar-refractivity contribution is 0.0866. The molecule has 0 aliphatic carbocycles. The largest absolute Gasteiger partial charge is 0.391 e. The van der Waals surface area contributed by atoms with E-state index in [-0.39, 0.29) is 29.9 Å². The van der Waals surface area contributed by atoms with Crippen LogP contribution >= 0.6 is 0 Å². The maximum atomic E-state index is 13.0. The molecule has 0 saturated heterocycles. The number of benzene rings is 1. The maximum absolute atomic E-state index is 13.0. The number of carbonyl (C=O) groups is 1. The quantitative estimate of drug-likeness (QED) is 0.888. The first kappa shape index (κ1) is 16.2. The number of aliphatic hydroxyl groups is 1. The van der Waals surface area contributed by atoms with E-state index in [1.54, 1.807) is 22.9 Å². The van der Waals surface area contributed by atoms with Crippen molar-refractivity contribution < 1.29 is 14.3 Å². The number of halogens is 1. The van der Waals surface area contributed by atoms with Crippen molar-refractivity contribution in [1.29, 1.82) is 0 Å². The van der Waals surface area contributed by atoms with E-state index in [4.69, 9.17) is 0 Å². The molecule has 2 aromatic rings. The van der Waals surface area contributed by atoms with Gasteiger partial charge in [-0.05, 0) is 43.2 Å². The lowest BCUT2D eigenvalue weighted by Crippen LogP contribution is -2.34. The number of hydrogen-bond acceptors (Lipinski definition) is 3. The molecule has 0 aliphatic heterocycles. The summed E-state index contributed by atoms with van der Waals surface area (Å²) in [6.45, 7) is 5.75. The lowest BCUT2D eigenvalue weighted by atomic mass is 10.1. The number of aliphatic hydroxyl groups excluding tert-OH is 1. The van der Waals surface area contributed by atoms with Crippen molar-refractivity contribution in [3.05, 3.63) is 47.5 Å². The van der Waals surface area contributed by atoms with Gasteiger partial charge in [0.1, 0.15) is 5.82 Å². The third-order valence-electron chi connectivity index (χ3n) is 3.43. The Hall–Kier alpha value is -2.21. The predicted octanol–water partition coefficient (Wildman–Crippen LogP) is 2.07. The molecule has 118 valence electrons. The van der Waals surface area contributed by atoms with Crippen molar-refractivity contribution >= 4 is 5.91 Å². The summed E-state index contributed by atoms with van der Waals surface area (Å²) in [5.74, 6) is -0.600. The fraction of sp³-hybridized carbons (Fsp3) is 0.375. The minimum atomic E-state index is -0.593. The molecule has 1 unspecified atom stereocenters. The molecule has 2 N–H and O–H groups in total. The molecular formula is C16H20FN3O2. The summed E-state index contributed by atoms with van der Waals surface area (Å²) in [6, 6.07) is 7.53. The highest BCUT2D eigenvalue weighted by atomic mass is 19.1. The van der Waals surface area contributed by atoms with Gasteiger partial charge in [-0.3, -0.25) is 4.79 Å². The van der Waals surface area contributed by atoms with Gasteiger partial charge in [0, 0.05) is 12.2 Å². The molecule has 6 heteroatoms. The van der Waals surface area contributed by atoms with E-state index in [2.05, 4.69) is 10.4 Å². The second-order valence-corrected chi connectivity index (χ2v) is 5.58. The second-order valence-electron chi connectivity index (χ2n) is 5.58. The highest BCUT2D eigenvalue weighted by Gasteiger charge is 2.15. The molecule has 0 spiro atoms. The summed E-state index contributed by atoms with van der Waals surface area (Å²) in [7, 11) is 0.